The van der Waals surface area contributed by atoms with E-state index in [2.05, 4.69) is 0 Å². The molecule has 0 fully saturated rings. The second-order valence-electron chi connectivity index (χ2n) is 10.4. The van der Waals surface area contributed by atoms with Crippen LogP contribution in [0.1, 0.15) is 31.8 Å². The molecule has 0 saturated carbocycles. The molecule has 1 N–H and O–H groups in total. The monoisotopic (exact) mass is 502 g/mol. The highest BCUT2D eigenvalue weighted by atomic mass is 16.5. The molecule has 7 aromatic carbocycles. The van der Waals surface area contributed by atoms with Crippen LogP contribution in [0.4, 0.5) is 0 Å². The second kappa shape index (κ2) is 6.80. The number of fused-ring (bicyclic) bond motifs is 6. The Kier molecular flexibility index (Phi) is 3.63. The van der Waals surface area contributed by atoms with Gasteiger partial charge < -0.3 is 9.84 Å². The summed E-state index contributed by atoms with van der Waals surface area (Å²) in [5.74, 6) is 0.700. The van der Waals surface area contributed by atoms with Crippen LogP contribution < -0.4 is 4.74 Å². The zero-order chi connectivity index (χ0) is 26.2. The first kappa shape index (κ1) is 20.8. The predicted octanol–water partition coefficient (Wildman–Crippen LogP) is 7.87. The lowest BCUT2D eigenvalue weighted by Crippen LogP contribution is -2.11. The average Bonchev–Trinajstić information content (AvgIpc) is 2.98. The molecule has 4 heteroatoms. The van der Waals surface area contributed by atoms with Crippen LogP contribution in [0.25, 0.3) is 65.3 Å². The number of benzene rings is 7. The SMILES string of the molecule is COc1cc2c3c(ccc4c5ccc6c7c(cc(O)c(c1c34)c75)-c1ccccc1C6=O)C(=O)c1ccccc1-2. The van der Waals surface area contributed by atoms with Gasteiger partial charge in [0.2, 0.25) is 0 Å². The summed E-state index contributed by atoms with van der Waals surface area (Å²) in [5, 5.41) is 18.4. The van der Waals surface area contributed by atoms with Crippen molar-refractivity contribution in [1.82, 2.24) is 0 Å². The van der Waals surface area contributed by atoms with E-state index in [-0.39, 0.29) is 17.3 Å². The third-order valence-electron chi connectivity index (χ3n) is 8.68. The highest BCUT2D eigenvalue weighted by molar-refractivity contribution is 6.43. The van der Waals surface area contributed by atoms with E-state index in [1.54, 1.807) is 13.2 Å². The van der Waals surface area contributed by atoms with Gasteiger partial charge in [-0.05, 0) is 57.3 Å². The standard InChI is InChI=1S/C35H18O4/c1-39-27-15-25-17-7-3-5-9-21(17)35(38)23-13-11-19-18-10-12-22-28-24(16-6-2-4-8-20(16)34(22)37)14-26(36)32(30(18)28)33(27)31(19)29(23)25/h2-15,36H,1H3. The quantitative estimate of drug-likeness (QED) is 0.183. The first-order valence-electron chi connectivity index (χ1n) is 12.9. The summed E-state index contributed by atoms with van der Waals surface area (Å²) in [5.41, 5.74) is 6.05. The van der Waals surface area contributed by atoms with Gasteiger partial charge in [-0.1, -0.05) is 60.7 Å². The number of phenolic OH excluding ortho intramolecular Hbond substituents is 1. The van der Waals surface area contributed by atoms with Gasteiger partial charge in [-0.15, -0.1) is 0 Å². The van der Waals surface area contributed by atoms with Crippen molar-refractivity contribution >= 4 is 54.7 Å². The van der Waals surface area contributed by atoms with Crippen molar-refractivity contribution in [1.29, 1.82) is 0 Å². The van der Waals surface area contributed by atoms with Gasteiger partial charge in [-0.2, -0.15) is 0 Å². The molecule has 0 aliphatic heterocycles. The molecule has 0 amide bonds. The van der Waals surface area contributed by atoms with Crippen molar-refractivity contribution in [2.45, 2.75) is 0 Å². The summed E-state index contributed by atoms with van der Waals surface area (Å²) in [6, 6.07) is 26.8. The van der Waals surface area contributed by atoms with Crippen LogP contribution in [0.15, 0.2) is 84.9 Å². The number of ether oxygens (including phenoxy) is 1. The number of methoxy groups -OCH3 is 1. The minimum atomic E-state index is -0.0218. The largest absolute Gasteiger partial charge is 0.507 e. The lowest BCUT2D eigenvalue weighted by Gasteiger charge is -2.27. The number of carbonyl (C=O) groups is 2. The molecule has 9 rings (SSSR count). The molecule has 0 saturated heterocycles. The molecular formula is C35H18O4. The van der Waals surface area contributed by atoms with Crippen LogP contribution >= 0.6 is 0 Å². The van der Waals surface area contributed by atoms with E-state index < -0.39 is 0 Å². The van der Waals surface area contributed by atoms with E-state index in [9.17, 15) is 14.7 Å². The number of ketones is 2. The molecule has 0 aromatic heterocycles. The molecule has 0 spiro atoms. The Hall–Kier alpha value is -5.22. The number of hydrogen-bond donors (Lipinski definition) is 1. The topological polar surface area (TPSA) is 63.6 Å². The number of rotatable bonds is 1. The van der Waals surface area contributed by atoms with Crippen molar-refractivity contribution in [2.75, 3.05) is 7.11 Å². The van der Waals surface area contributed by atoms with Crippen molar-refractivity contribution < 1.29 is 19.4 Å². The molecule has 7 aromatic rings. The highest BCUT2D eigenvalue weighted by Crippen LogP contribution is 2.54. The Balaban J connectivity index is 1.59. The predicted molar refractivity (Wildman–Crippen MR) is 154 cm³/mol. The highest BCUT2D eigenvalue weighted by Gasteiger charge is 2.32. The van der Waals surface area contributed by atoms with Gasteiger partial charge >= 0.3 is 0 Å². The van der Waals surface area contributed by atoms with Crippen LogP contribution in [0, 0.1) is 0 Å². The number of carbonyl (C=O) groups excluding carboxylic acids is 2. The van der Waals surface area contributed by atoms with E-state index in [1.165, 1.54) is 0 Å². The Morgan fingerprint density at radius 1 is 0.487 bits per heavy atom. The van der Waals surface area contributed by atoms with Gasteiger partial charge in [-0.25, -0.2) is 0 Å². The minimum absolute atomic E-state index is 0.0109. The Morgan fingerprint density at radius 3 is 1.51 bits per heavy atom. The van der Waals surface area contributed by atoms with Gasteiger partial charge in [0.05, 0.1) is 7.11 Å². The van der Waals surface area contributed by atoms with Gasteiger partial charge in [0.1, 0.15) is 11.5 Å². The first-order chi connectivity index (χ1) is 19.1. The summed E-state index contributed by atoms with van der Waals surface area (Å²) < 4.78 is 6.00. The third-order valence-corrected chi connectivity index (χ3v) is 8.68. The van der Waals surface area contributed by atoms with Crippen LogP contribution in [-0.2, 0) is 0 Å². The zero-order valence-corrected chi connectivity index (χ0v) is 20.8. The fraction of sp³-hybridized carbons (Fsp3) is 0.0286. The maximum Gasteiger partial charge on any atom is 0.194 e. The molecule has 0 bridgehead atoms. The zero-order valence-electron chi connectivity index (χ0n) is 20.8. The van der Waals surface area contributed by atoms with E-state index in [4.69, 9.17) is 4.74 Å². The summed E-state index contributed by atoms with van der Waals surface area (Å²) in [6.07, 6.45) is 0. The molecule has 2 aliphatic carbocycles. The summed E-state index contributed by atoms with van der Waals surface area (Å²) in [4.78, 5) is 27.3. The third kappa shape index (κ3) is 2.28. The maximum atomic E-state index is 13.7. The van der Waals surface area contributed by atoms with E-state index >= 15 is 0 Å². The molecule has 0 unspecified atom stereocenters. The summed E-state index contributed by atoms with van der Waals surface area (Å²) in [6.45, 7) is 0. The Morgan fingerprint density at radius 2 is 0.974 bits per heavy atom. The number of aromatic hydroxyl groups is 1. The number of phenols is 1. The Labute approximate surface area is 222 Å². The molecule has 0 heterocycles. The van der Waals surface area contributed by atoms with Gasteiger partial charge in [0, 0.05) is 54.6 Å². The van der Waals surface area contributed by atoms with Gasteiger partial charge in [0.25, 0.3) is 0 Å². The summed E-state index contributed by atoms with van der Waals surface area (Å²) >= 11 is 0. The van der Waals surface area contributed by atoms with Gasteiger partial charge in [-0.3, -0.25) is 9.59 Å². The lowest BCUT2D eigenvalue weighted by atomic mass is 9.76. The normalized spacial score (nSPS) is 13.5. The van der Waals surface area contributed by atoms with Crippen molar-refractivity contribution in [2.24, 2.45) is 0 Å². The van der Waals surface area contributed by atoms with Crippen molar-refractivity contribution in [3.63, 3.8) is 0 Å². The molecule has 2 aliphatic rings. The summed E-state index contributed by atoms with van der Waals surface area (Å²) in [7, 11) is 1.63. The number of hydrogen-bond acceptors (Lipinski definition) is 4. The molecule has 39 heavy (non-hydrogen) atoms. The fourth-order valence-corrected chi connectivity index (χ4v) is 7.13. The molecular weight excluding hydrogens is 484 g/mol. The Bertz CT molecular complexity index is 2310. The molecule has 4 nitrogen and oxygen atoms in total. The minimum Gasteiger partial charge on any atom is -0.507 e. The van der Waals surface area contributed by atoms with E-state index in [1.807, 2.05) is 78.9 Å². The van der Waals surface area contributed by atoms with Gasteiger partial charge in [0.15, 0.2) is 11.6 Å². The lowest BCUT2D eigenvalue weighted by molar-refractivity contribution is 0.103. The van der Waals surface area contributed by atoms with Crippen LogP contribution in [0.5, 0.6) is 11.5 Å². The maximum absolute atomic E-state index is 13.7. The van der Waals surface area contributed by atoms with E-state index in [0.717, 1.165) is 60.0 Å². The van der Waals surface area contributed by atoms with Crippen LogP contribution in [0.3, 0.4) is 0 Å². The van der Waals surface area contributed by atoms with Crippen LogP contribution in [0.2, 0.25) is 0 Å². The first-order valence-corrected chi connectivity index (χ1v) is 12.9. The van der Waals surface area contributed by atoms with Crippen molar-refractivity contribution in [3.05, 3.63) is 107 Å². The fourth-order valence-electron chi connectivity index (χ4n) is 7.13. The average molecular weight is 503 g/mol. The molecule has 182 valence electrons. The molecule has 0 atom stereocenters. The van der Waals surface area contributed by atoms with Crippen LogP contribution in [-0.4, -0.2) is 23.8 Å². The molecule has 0 radical (unpaired) electrons. The van der Waals surface area contributed by atoms with Crippen molar-refractivity contribution in [3.8, 4) is 33.8 Å². The smallest absolute Gasteiger partial charge is 0.194 e. The second-order valence-corrected chi connectivity index (χ2v) is 10.4. The van der Waals surface area contributed by atoms with E-state index in [0.29, 0.717) is 33.4 Å².